The van der Waals surface area contributed by atoms with E-state index in [9.17, 15) is 0 Å². The fourth-order valence-corrected chi connectivity index (χ4v) is 6.92. The van der Waals surface area contributed by atoms with Crippen LogP contribution in [0.5, 0.6) is 0 Å². The van der Waals surface area contributed by atoms with Crippen LogP contribution in [-0.4, -0.2) is 0 Å². The van der Waals surface area contributed by atoms with Crippen molar-refractivity contribution in [3.8, 4) is 33.4 Å². The first-order valence-electron chi connectivity index (χ1n) is 16.3. The number of benzene rings is 8. The molecule has 0 atom stereocenters. The molecule has 9 rings (SSSR count). The van der Waals surface area contributed by atoms with Gasteiger partial charge in [-0.05, 0) is 87.1 Å². The number of anilines is 3. The zero-order chi connectivity index (χ0) is 31.9. The minimum absolute atomic E-state index is 0.901. The predicted molar refractivity (Wildman–Crippen MR) is 202 cm³/mol. The van der Waals surface area contributed by atoms with Crippen LogP contribution in [0.2, 0.25) is 0 Å². The second-order valence-electron chi connectivity index (χ2n) is 12.2. The predicted octanol–water partition coefficient (Wildman–Crippen LogP) is 13.2. The Hall–Kier alpha value is -6.38. The third kappa shape index (κ3) is 4.92. The molecular formula is C46H31NO. The maximum atomic E-state index is 6.35. The van der Waals surface area contributed by atoms with Crippen LogP contribution >= 0.6 is 0 Å². The number of nitrogens with zero attached hydrogens (tertiary/aromatic N) is 1. The molecule has 0 saturated carbocycles. The molecule has 0 aliphatic rings. The Morgan fingerprint density at radius 2 is 0.875 bits per heavy atom. The lowest BCUT2D eigenvalue weighted by Gasteiger charge is -2.28. The topological polar surface area (TPSA) is 16.4 Å². The highest BCUT2D eigenvalue weighted by Gasteiger charge is 2.19. The van der Waals surface area contributed by atoms with Gasteiger partial charge in [0.15, 0.2) is 0 Å². The molecule has 48 heavy (non-hydrogen) atoms. The Morgan fingerprint density at radius 1 is 0.333 bits per heavy atom. The van der Waals surface area contributed by atoms with E-state index >= 15 is 0 Å². The Labute approximate surface area is 279 Å². The molecule has 0 spiro atoms. The van der Waals surface area contributed by atoms with E-state index < -0.39 is 0 Å². The van der Waals surface area contributed by atoms with Crippen molar-refractivity contribution < 1.29 is 4.42 Å². The summed E-state index contributed by atoms with van der Waals surface area (Å²) < 4.78 is 6.35. The molecule has 1 heterocycles. The van der Waals surface area contributed by atoms with Gasteiger partial charge in [0.2, 0.25) is 0 Å². The monoisotopic (exact) mass is 613 g/mol. The minimum Gasteiger partial charge on any atom is -0.456 e. The standard InChI is InChI=1S/C46H31NO/c1-3-12-32(13-4-1)34-22-26-37(27-23-34)47(38-28-24-35(25-29-38)33-14-5-2-6-15-33)44-20-9-7-17-40(44)39-19-11-16-36-30-43-41-18-8-10-21-45(41)48-46(43)31-42(36)39/h1-31H. The van der Waals surface area contributed by atoms with Gasteiger partial charge in [0.1, 0.15) is 11.2 Å². The molecular weight excluding hydrogens is 583 g/mol. The van der Waals surface area contributed by atoms with Crippen LogP contribution in [0.15, 0.2) is 192 Å². The van der Waals surface area contributed by atoms with Crippen LogP contribution in [0.1, 0.15) is 0 Å². The lowest BCUT2D eigenvalue weighted by atomic mass is 9.95. The Morgan fingerprint density at radius 3 is 1.54 bits per heavy atom. The molecule has 2 nitrogen and oxygen atoms in total. The van der Waals surface area contributed by atoms with E-state index in [1.54, 1.807) is 0 Å². The van der Waals surface area contributed by atoms with Gasteiger partial charge in [-0.3, -0.25) is 0 Å². The van der Waals surface area contributed by atoms with Crippen molar-refractivity contribution in [2.45, 2.75) is 0 Å². The van der Waals surface area contributed by atoms with Gasteiger partial charge in [-0.25, -0.2) is 0 Å². The summed E-state index contributed by atoms with van der Waals surface area (Å²) in [5, 5.41) is 4.63. The minimum atomic E-state index is 0.901. The average molecular weight is 614 g/mol. The highest BCUT2D eigenvalue weighted by Crippen LogP contribution is 2.44. The summed E-state index contributed by atoms with van der Waals surface area (Å²) >= 11 is 0. The van der Waals surface area contributed by atoms with Gasteiger partial charge in [0.25, 0.3) is 0 Å². The number of hydrogen-bond donors (Lipinski definition) is 0. The first-order chi connectivity index (χ1) is 23.8. The van der Waals surface area contributed by atoms with Crippen molar-refractivity contribution in [2.24, 2.45) is 0 Å². The van der Waals surface area contributed by atoms with Crippen molar-refractivity contribution in [1.82, 2.24) is 0 Å². The summed E-state index contributed by atoms with van der Waals surface area (Å²) in [6, 6.07) is 66.9. The summed E-state index contributed by atoms with van der Waals surface area (Å²) in [5.41, 5.74) is 12.2. The van der Waals surface area contributed by atoms with Gasteiger partial charge in [-0.15, -0.1) is 0 Å². The molecule has 0 amide bonds. The van der Waals surface area contributed by atoms with E-state index in [2.05, 4.69) is 181 Å². The Kier molecular flexibility index (Phi) is 6.84. The van der Waals surface area contributed by atoms with Crippen LogP contribution in [0.25, 0.3) is 66.1 Å². The van der Waals surface area contributed by atoms with Gasteiger partial charge in [-0.2, -0.15) is 0 Å². The number of para-hydroxylation sites is 2. The van der Waals surface area contributed by atoms with Gasteiger partial charge < -0.3 is 9.32 Å². The lowest BCUT2D eigenvalue weighted by molar-refractivity contribution is 0.669. The van der Waals surface area contributed by atoms with Gasteiger partial charge >= 0.3 is 0 Å². The van der Waals surface area contributed by atoms with Crippen molar-refractivity contribution in [3.05, 3.63) is 188 Å². The fourth-order valence-electron chi connectivity index (χ4n) is 6.92. The maximum Gasteiger partial charge on any atom is 0.136 e. The molecule has 0 aliphatic heterocycles. The largest absolute Gasteiger partial charge is 0.456 e. The highest BCUT2D eigenvalue weighted by atomic mass is 16.3. The molecule has 0 aliphatic carbocycles. The third-order valence-electron chi connectivity index (χ3n) is 9.28. The van der Waals surface area contributed by atoms with E-state index in [0.717, 1.165) is 55.5 Å². The van der Waals surface area contributed by atoms with Crippen LogP contribution < -0.4 is 4.90 Å². The quantitative estimate of drug-likeness (QED) is 0.185. The lowest BCUT2D eigenvalue weighted by Crippen LogP contribution is -2.11. The zero-order valence-electron chi connectivity index (χ0n) is 26.3. The smallest absolute Gasteiger partial charge is 0.136 e. The fraction of sp³-hybridized carbons (Fsp3) is 0. The van der Waals surface area contributed by atoms with Crippen molar-refractivity contribution in [1.29, 1.82) is 0 Å². The van der Waals surface area contributed by atoms with Crippen molar-refractivity contribution in [2.75, 3.05) is 4.90 Å². The zero-order valence-corrected chi connectivity index (χ0v) is 26.3. The summed E-state index contributed by atoms with van der Waals surface area (Å²) in [5.74, 6) is 0. The summed E-state index contributed by atoms with van der Waals surface area (Å²) in [7, 11) is 0. The van der Waals surface area contributed by atoms with E-state index in [4.69, 9.17) is 4.42 Å². The Balaban J connectivity index is 1.22. The summed E-state index contributed by atoms with van der Waals surface area (Å²) in [4.78, 5) is 2.37. The van der Waals surface area contributed by atoms with E-state index in [1.165, 1.54) is 27.6 Å². The average Bonchev–Trinajstić information content (AvgIpc) is 3.53. The van der Waals surface area contributed by atoms with Gasteiger partial charge in [0.05, 0.1) is 5.69 Å². The normalized spacial score (nSPS) is 11.3. The molecule has 2 heteroatoms. The molecule has 0 fully saturated rings. The van der Waals surface area contributed by atoms with Crippen molar-refractivity contribution >= 4 is 49.8 Å². The van der Waals surface area contributed by atoms with Crippen molar-refractivity contribution in [3.63, 3.8) is 0 Å². The van der Waals surface area contributed by atoms with Crippen LogP contribution in [-0.2, 0) is 0 Å². The second kappa shape index (κ2) is 11.8. The number of rotatable bonds is 6. The molecule has 0 N–H and O–H groups in total. The van der Waals surface area contributed by atoms with E-state index in [0.29, 0.717) is 0 Å². The van der Waals surface area contributed by atoms with E-state index in [-0.39, 0.29) is 0 Å². The summed E-state index contributed by atoms with van der Waals surface area (Å²) in [6.07, 6.45) is 0. The van der Waals surface area contributed by atoms with Gasteiger partial charge in [-0.1, -0.05) is 140 Å². The number of hydrogen-bond acceptors (Lipinski definition) is 2. The first-order valence-corrected chi connectivity index (χ1v) is 16.3. The van der Waals surface area contributed by atoms with Gasteiger partial charge in [0, 0.05) is 27.7 Å². The highest BCUT2D eigenvalue weighted by molar-refractivity contribution is 6.13. The SMILES string of the molecule is c1ccc(-c2ccc(N(c3ccc(-c4ccccc4)cc3)c3ccccc3-c3cccc4cc5c(cc34)oc3ccccc35)cc2)cc1. The Bertz CT molecular complexity index is 2450. The molecule has 0 bridgehead atoms. The maximum absolute atomic E-state index is 6.35. The molecule has 0 unspecified atom stereocenters. The molecule has 8 aromatic carbocycles. The van der Waals surface area contributed by atoms with E-state index in [1.807, 2.05) is 12.1 Å². The summed E-state index contributed by atoms with van der Waals surface area (Å²) in [6.45, 7) is 0. The molecule has 226 valence electrons. The van der Waals surface area contributed by atoms with Crippen LogP contribution in [0.3, 0.4) is 0 Å². The molecule has 0 saturated heterocycles. The van der Waals surface area contributed by atoms with Crippen LogP contribution in [0.4, 0.5) is 17.1 Å². The molecule has 1 aromatic heterocycles. The molecule has 9 aromatic rings. The number of furan rings is 1. The first kappa shape index (κ1) is 27.9. The third-order valence-corrected chi connectivity index (χ3v) is 9.28. The second-order valence-corrected chi connectivity index (χ2v) is 12.2. The molecule has 0 radical (unpaired) electrons. The van der Waals surface area contributed by atoms with Crippen LogP contribution in [0, 0.1) is 0 Å². The number of fused-ring (bicyclic) bond motifs is 4.